The van der Waals surface area contributed by atoms with Gasteiger partial charge in [0.2, 0.25) is 5.82 Å². The SMILES string of the molecule is COCn1nnc(-c2ccccn2)n1. The largest absolute Gasteiger partial charge is 0.361 e. The van der Waals surface area contributed by atoms with Gasteiger partial charge in [-0.05, 0) is 17.3 Å². The van der Waals surface area contributed by atoms with Gasteiger partial charge in [-0.25, -0.2) is 0 Å². The maximum Gasteiger partial charge on any atom is 0.223 e. The fourth-order valence-electron chi connectivity index (χ4n) is 1.01. The summed E-state index contributed by atoms with van der Waals surface area (Å²) >= 11 is 0. The molecule has 0 aliphatic heterocycles. The molecular weight excluding hydrogens is 182 g/mol. The monoisotopic (exact) mass is 191 g/mol. The number of hydrogen-bond acceptors (Lipinski definition) is 5. The van der Waals surface area contributed by atoms with Crippen molar-refractivity contribution in [3.05, 3.63) is 24.4 Å². The number of aromatic nitrogens is 5. The Labute approximate surface area is 80.5 Å². The van der Waals surface area contributed by atoms with E-state index in [2.05, 4.69) is 20.4 Å². The molecule has 0 N–H and O–H groups in total. The zero-order valence-corrected chi connectivity index (χ0v) is 7.66. The third-order valence-electron chi connectivity index (χ3n) is 1.59. The molecule has 72 valence electrons. The molecule has 0 fully saturated rings. The Hall–Kier alpha value is -1.82. The average molecular weight is 191 g/mol. The molecule has 0 spiro atoms. The van der Waals surface area contributed by atoms with Crippen molar-refractivity contribution in [2.45, 2.75) is 6.73 Å². The van der Waals surface area contributed by atoms with Crippen LogP contribution in [-0.2, 0) is 11.5 Å². The van der Waals surface area contributed by atoms with Crippen molar-refractivity contribution >= 4 is 0 Å². The van der Waals surface area contributed by atoms with Gasteiger partial charge in [-0.1, -0.05) is 6.07 Å². The highest BCUT2D eigenvalue weighted by Crippen LogP contribution is 2.07. The summed E-state index contributed by atoms with van der Waals surface area (Å²) in [5.41, 5.74) is 0.704. The number of methoxy groups -OCH3 is 1. The molecule has 0 amide bonds. The summed E-state index contributed by atoms with van der Waals surface area (Å²) in [6, 6.07) is 5.54. The minimum atomic E-state index is 0.292. The third kappa shape index (κ3) is 1.74. The van der Waals surface area contributed by atoms with Gasteiger partial charge in [0.05, 0.1) is 0 Å². The van der Waals surface area contributed by atoms with Crippen LogP contribution in [-0.4, -0.2) is 32.3 Å². The quantitative estimate of drug-likeness (QED) is 0.699. The van der Waals surface area contributed by atoms with Crippen molar-refractivity contribution in [2.75, 3.05) is 7.11 Å². The van der Waals surface area contributed by atoms with E-state index in [1.54, 1.807) is 13.3 Å². The summed E-state index contributed by atoms with van der Waals surface area (Å²) in [5.74, 6) is 0.502. The van der Waals surface area contributed by atoms with Gasteiger partial charge in [-0.15, -0.1) is 15.0 Å². The molecule has 0 aliphatic rings. The van der Waals surface area contributed by atoms with E-state index in [1.807, 2.05) is 18.2 Å². The molecule has 2 rings (SSSR count). The molecule has 2 heterocycles. The van der Waals surface area contributed by atoms with E-state index in [0.29, 0.717) is 18.2 Å². The smallest absolute Gasteiger partial charge is 0.223 e. The Bertz CT molecular complexity index is 399. The molecule has 0 radical (unpaired) electrons. The van der Waals surface area contributed by atoms with Crippen LogP contribution in [0.25, 0.3) is 11.5 Å². The topological polar surface area (TPSA) is 65.7 Å². The molecule has 0 atom stereocenters. The molecule has 0 aromatic carbocycles. The average Bonchev–Trinajstić information content (AvgIpc) is 2.68. The first-order valence-corrected chi connectivity index (χ1v) is 4.08. The van der Waals surface area contributed by atoms with Gasteiger partial charge < -0.3 is 4.74 Å². The Balaban J connectivity index is 2.25. The molecule has 6 heteroatoms. The summed E-state index contributed by atoms with van der Waals surface area (Å²) in [4.78, 5) is 5.47. The zero-order chi connectivity index (χ0) is 9.80. The highest BCUT2D eigenvalue weighted by atomic mass is 16.5. The van der Waals surface area contributed by atoms with Crippen molar-refractivity contribution in [1.29, 1.82) is 0 Å². The van der Waals surface area contributed by atoms with E-state index in [-0.39, 0.29) is 0 Å². The summed E-state index contributed by atoms with van der Waals surface area (Å²) in [6.45, 7) is 0.292. The summed E-state index contributed by atoms with van der Waals surface area (Å²) in [6.07, 6.45) is 1.69. The molecule has 0 aliphatic carbocycles. The molecule has 0 bridgehead atoms. The van der Waals surface area contributed by atoms with Gasteiger partial charge >= 0.3 is 0 Å². The standard InChI is InChI=1S/C8H9N5O/c1-14-6-13-11-8(10-12-13)7-4-2-3-5-9-7/h2-5H,6H2,1H3. The molecule has 14 heavy (non-hydrogen) atoms. The predicted octanol–water partition coefficient (Wildman–Crippen LogP) is 0.339. The highest BCUT2D eigenvalue weighted by molar-refractivity contribution is 5.46. The zero-order valence-electron chi connectivity index (χ0n) is 7.66. The fourth-order valence-corrected chi connectivity index (χ4v) is 1.01. The number of nitrogens with zero attached hydrogens (tertiary/aromatic N) is 5. The second-order valence-electron chi connectivity index (χ2n) is 2.62. The lowest BCUT2D eigenvalue weighted by molar-refractivity contribution is 0.107. The Morgan fingerprint density at radius 3 is 3.07 bits per heavy atom. The molecule has 0 unspecified atom stereocenters. The lowest BCUT2D eigenvalue weighted by Gasteiger charge is -1.93. The van der Waals surface area contributed by atoms with E-state index in [9.17, 15) is 0 Å². The molecule has 6 nitrogen and oxygen atoms in total. The van der Waals surface area contributed by atoms with Crippen LogP contribution < -0.4 is 0 Å². The van der Waals surface area contributed by atoms with E-state index in [4.69, 9.17) is 4.74 Å². The van der Waals surface area contributed by atoms with Crippen LogP contribution in [0.5, 0.6) is 0 Å². The third-order valence-corrected chi connectivity index (χ3v) is 1.59. The number of rotatable bonds is 3. The van der Waals surface area contributed by atoms with Gasteiger partial charge in [0, 0.05) is 13.3 Å². The summed E-state index contributed by atoms with van der Waals surface area (Å²) in [5, 5.41) is 11.7. The Morgan fingerprint density at radius 2 is 2.36 bits per heavy atom. The van der Waals surface area contributed by atoms with Gasteiger partial charge in [-0.3, -0.25) is 4.98 Å². The van der Waals surface area contributed by atoms with Gasteiger partial charge in [0.1, 0.15) is 5.69 Å². The van der Waals surface area contributed by atoms with Crippen LogP contribution in [0.3, 0.4) is 0 Å². The lowest BCUT2D eigenvalue weighted by Crippen LogP contribution is -2.03. The number of ether oxygens (including phenoxy) is 1. The van der Waals surface area contributed by atoms with E-state index < -0.39 is 0 Å². The maximum atomic E-state index is 4.85. The summed E-state index contributed by atoms with van der Waals surface area (Å²) in [7, 11) is 1.57. The Morgan fingerprint density at radius 1 is 1.43 bits per heavy atom. The number of tetrazole rings is 1. The predicted molar refractivity (Wildman–Crippen MR) is 48.1 cm³/mol. The minimum Gasteiger partial charge on any atom is -0.361 e. The van der Waals surface area contributed by atoms with Crippen LogP contribution in [0.1, 0.15) is 0 Å². The van der Waals surface area contributed by atoms with Crippen LogP contribution in [0.2, 0.25) is 0 Å². The molecule has 2 aromatic rings. The first kappa shape index (κ1) is 8.76. The van der Waals surface area contributed by atoms with E-state index in [0.717, 1.165) is 0 Å². The number of pyridine rings is 1. The first-order valence-electron chi connectivity index (χ1n) is 4.08. The molecule has 2 aromatic heterocycles. The summed E-state index contributed by atoms with van der Waals surface area (Å²) < 4.78 is 4.85. The van der Waals surface area contributed by atoms with Gasteiger partial charge in [0.25, 0.3) is 0 Å². The van der Waals surface area contributed by atoms with Gasteiger partial charge in [-0.2, -0.15) is 0 Å². The van der Waals surface area contributed by atoms with E-state index in [1.165, 1.54) is 4.80 Å². The van der Waals surface area contributed by atoms with Crippen molar-refractivity contribution < 1.29 is 4.74 Å². The lowest BCUT2D eigenvalue weighted by atomic mass is 10.3. The van der Waals surface area contributed by atoms with Gasteiger partial charge in [0.15, 0.2) is 6.73 Å². The van der Waals surface area contributed by atoms with Crippen LogP contribution in [0.15, 0.2) is 24.4 Å². The van der Waals surface area contributed by atoms with E-state index >= 15 is 0 Å². The highest BCUT2D eigenvalue weighted by Gasteiger charge is 2.05. The normalized spacial score (nSPS) is 10.4. The maximum absolute atomic E-state index is 4.85. The number of hydrogen-bond donors (Lipinski definition) is 0. The van der Waals surface area contributed by atoms with Crippen LogP contribution >= 0.6 is 0 Å². The second kappa shape index (κ2) is 3.93. The Kier molecular flexibility index (Phi) is 2.46. The van der Waals surface area contributed by atoms with Crippen LogP contribution in [0.4, 0.5) is 0 Å². The van der Waals surface area contributed by atoms with Crippen LogP contribution in [0, 0.1) is 0 Å². The van der Waals surface area contributed by atoms with Crippen molar-refractivity contribution in [1.82, 2.24) is 25.2 Å². The molecule has 0 saturated heterocycles. The molecular formula is C8H9N5O. The minimum absolute atomic E-state index is 0.292. The van der Waals surface area contributed by atoms with Crippen molar-refractivity contribution in [3.8, 4) is 11.5 Å². The van der Waals surface area contributed by atoms with Crippen molar-refractivity contribution in [3.63, 3.8) is 0 Å². The molecule has 0 saturated carbocycles. The first-order chi connectivity index (χ1) is 6.90. The van der Waals surface area contributed by atoms with Crippen molar-refractivity contribution in [2.24, 2.45) is 0 Å². The second-order valence-corrected chi connectivity index (χ2v) is 2.62. The fraction of sp³-hybridized carbons (Fsp3) is 0.250.